The Hall–Kier alpha value is -3.03. The molecule has 1 N–H and O–H groups in total. The zero-order valence-electron chi connectivity index (χ0n) is 16.5. The molecule has 0 aliphatic carbocycles. The summed E-state index contributed by atoms with van der Waals surface area (Å²) in [5, 5.41) is 2.95. The van der Waals surface area contributed by atoms with Gasteiger partial charge in [0.15, 0.2) is 0 Å². The smallest absolute Gasteiger partial charge is 0.287 e. The van der Waals surface area contributed by atoms with Crippen LogP contribution in [0.25, 0.3) is 11.0 Å². The van der Waals surface area contributed by atoms with Crippen LogP contribution in [0.4, 0.5) is 4.39 Å². The lowest BCUT2D eigenvalue weighted by molar-refractivity contribution is 0.0911. The van der Waals surface area contributed by atoms with Crippen molar-refractivity contribution in [2.24, 2.45) is 0 Å². The molecule has 8 heteroatoms. The first-order valence-electron chi connectivity index (χ1n) is 9.28. The van der Waals surface area contributed by atoms with Crippen molar-refractivity contribution in [3.05, 3.63) is 80.4 Å². The van der Waals surface area contributed by atoms with Crippen LogP contribution in [0.2, 0.25) is 5.02 Å². The lowest BCUT2D eigenvalue weighted by Crippen LogP contribution is -2.31. The highest BCUT2D eigenvalue weighted by atomic mass is 35.5. The quantitative estimate of drug-likeness (QED) is 0.458. The van der Waals surface area contributed by atoms with Gasteiger partial charge in [-0.25, -0.2) is 4.39 Å². The van der Waals surface area contributed by atoms with Crippen LogP contribution in [0.15, 0.2) is 51.7 Å². The summed E-state index contributed by atoms with van der Waals surface area (Å²) in [6.45, 7) is 1.05. The van der Waals surface area contributed by atoms with Crippen LogP contribution in [0.1, 0.15) is 32.9 Å². The predicted octanol–water partition coefficient (Wildman–Crippen LogP) is 3.50. The lowest BCUT2D eigenvalue weighted by Gasteiger charge is -2.12. The van der Waals surface area contributed by atoms with Crippen molar-refractivity contribution in [2.75, 3.05) is 27.2 Å². The molecule has 1 heterocycles. The van der Waals surface area contributed by atoms with Crippen LogP contribution in [0.5, 0.6) is 0 Å². The molecule has 6 nitrogen and oxygen atoms in total. The Labute approximate surface area is 177 Å². The molecule has 2 aromatic carbocycles. The summed E-state index contributed by atoms with van der Waals surface area (Å²) >= 11 is 5.97. The second-order valence-electron chi connectivity index (χ2n) is 7.00. The van der Waals surface area contributed by atoms with Crippen molar-refractivity contribution in [2.45, 2.75) is 6.42 Å². The first-order chi connectivity index (χ1) is 14.3. The van der Waals surface area contributed by atoms with Crippen LogP contribution in [0, 0.1) is 5.82 Å². The molecule has 0 aliphatic rings. The largest absolute Gasteiger partial charge is 0.450 e. The number of rotatable bonds is 7. The van der Waals surface area contributed by atoms with Crippen molar-refractivity contribution >= 4 is 34.3 Å². The number of nitrogens with one attached hydrogen (secondary N) is 1. The van der Waals surface area contributed by atoms with Crippen LogP contribution in [0.3, 0.4) is 0 Å². The minimum atomic E-state index is -0.929. The van der Waals surface area contributed by atoms with E-state index in [2.05, 4.69) is 5.32 Å². The second-order valence-corrected chi connectivity index (χ2v) is 7.43. The molecular formula is C22H20ClFN2O4. The minimum absolute atomic E-state index is 0.0337. The molecule has 0 atom stereocenters. The van der Waals surface area contributed by atoms with Crippen LogP contribution in [-0.4, -0.2) is 43.8 Å². The Morgan fingerprint density at radius 2 is 1.90 bits per heavy atom. The van der Waals surface area contributed by atoms with Gasteiger partial charge in [0.25, 0.3) is 5.91 Å². The fraction of sp³-hybridized carbons (Fsp3) is 0.227. The van der Waals surface area contributed by atoms with Gasteiger partial charge in [-0.1, -0.05) is 23.7 Å². The maximum atomic E-state index is 14.2. The van der Waals surface area contributed by atoms with E-state index in [1.807, 2.05) is 19.0 Å². The van der Waals surface area contributed by atoms with Crippen LogP contribution >= 0.6 is 11.6 Å². The molecular weight excluding hydrogens is 411 g/mol. The number of hydrogen-bond acceptors (Lipinski definition) is 5. The molecule has 3 rings (SSSR count). The Balaban J connectivity index is 2.10. The number of fused-ring (bicyclic) bond motifs is 1. The number of halogens is 2. The fourth-order valence-corrected chi connectivity index (χ4v) is 3.16. The van der Waals surface area contributed by atoms with E-state index in [1.54, 1.807) is 0 Å². The molecule has 1 aromatic heterocycles. The van der Waals surface area contributed by atoms with Crippen LogP contribution in [-0.2, 0) is 0 Å². The molecule has 3 aromatic rings. The number of carbonyl (C=O) groups is 2. The normalized spacial score (nSPS) is 11.1. The summed E-state index contributed by atoms with van der Waals surface area (Å²) in [6, 6.07) is 9.54. The monoisotopic (exact) mass is 430 g/mol. The van der Waals surface area contributed by atoms with Gasteiger partial charge in [-0.2, -0.15) is 0 Å². The lowest BCUT2D eigenvalue weighted by atomic mass is 9.99. The Morgan fingerprint density at radius 1 is 1.17 bits per heavy atom. The van der Waals surface area contributed by atoms with Crippen LogP contribution < -0.4 is 10.7 Å². The van der Waals surface area contributed by atoms with E-state index in [1.165, 1.54) is 36.4 Å². The number of carbonyl (C=O) groups excluding carboxylic acids is 2. The zero-order valence-corrected chi connectivity index (χ0v) is 17.3. The maximum absolute atomic E-state index is 14.2. The molecule has 156 valence electrons. The first-order valence-corrected chi connectivity index (χ1v) is 9.66. The summed E-state index contributed by atoms with van der Waals surface area (Å²) < 4.78 is 19.8. The summed E-state index contributed by atoms with van der Waals surface area (Å²) in [5.74, 6) is -2.90. The number of amides is 1. The van der Waals surface area contributed by atoms with Gasteiger partial charge in [0.05, 0.1) is 10.9 Å². The van der Waals surface area contributed by atoms with Crippen molar-refractivity contribution in [1.82, 2.24) is 10.2 Å². The summed E-state index contributed by atoms with van der Waals surface area (Å²) in [5.41, 5.74) is -1.49. The highest BCUT2D eigenvalue weighted by molar-refractivity contribution is 6.31. The summed E-state index contributed by atoms with van der Waals surface area (Å²) in [7, 11) is 3.81. The highest BCUT2D eigenvalue weighted by Crippen LogP contribution is 2.22. The van der Waals surface area contributed by atoms with Gasteiger partial charge in [-0.3, -0.25) is 14.4 Å². The van der Waals surface area contributed by atoms with E-state index in [9.17, 15) is 18.8 Å². The number of benzene rings is 2. The average Bonchev–Trinajstić information content (AvgIpc) is 2.71. The van der Waals surface area contributed by atoms with E-state index in [4.69, 9.17) is 16.0 Å². The topological polar surface area (TPSA) is 79.6 Å². The van der Waals surface area contributed by atoms with Gasteiger partial charge in [0, 0.05) is 11.6 Å². The minimum Gasteiger partial charge on any atom is -0.450 e. The van der Waals surface area contributed by atoms with E-state index in [0.717, 1.165) is 12.6 Å². The maximum Gasteiger partial charge on any atom is 0.287 e. The Kier molecular flexibility index (Phi) is 6.64. The molecule has 0 spiro atoms. The number of hydrogen-bond donors (Lipinski definition) is 1. The zero-order chi connectivity index (χ0) is 21.8. The van der Waals surface area contributed by atoms with Crippen molar-refractivity contribution in [1.29, 1.82) is 0 Å². The fourth-order valence-electron chi connectivity index (χ4n) is 2.99. The molecule has 0 fully saturated rings. The third-order valence-electron chi connectivity index (χ3n) is 4.47. The number of ketones is 1. The number of nitrogens with zero attached hydrogens (tertiary/aromatic N) is 1. The van der Waals surface area contributed by atoms with Gasteiger partial charge in [0.2, 0.25) is 17.0 Å². The van der Waals surface area contributed by atoms with Gasteiger partial charge in [0.1, 0.15) is 17.0 Å². The molecule has 0 radical (unpaired) electrons. The third kappa shape index (κ3) is 4.58. The highest BCUT2D eigenvalue weighted by Gasteiger charge is 2.28. The van der Waals surface area contributed by atoms with E-state index < -0.39 is 34.3 Å². The van der Waals surface area contributed by atoms with Crippen molar-refractivity contribution in [3.63, 3.8) is 0 Å². The third-order valence-corrected chi connectivity index (χ3v) is 4.71. The Bertz CT molecular complexity index is 1170. The Morgan fingerprint density at radius 3 is 2.60 bits per heavy atom. The van der Waals surface area contributed by atoms with E-state index >= 15 is 0 Å². The predicted molar refractivity (Wildman–Crippen MR) is 113 cm³/mol. The molecule has 0 aliphatic heterocycles. The standard InChI is InChI=1S/C22H20ClFN2O4/c1-26(2)11-5-10-25-22(29)21-18(19(27)14-6-3-4-7-16(14)24)20(28)15-12-13(23)8-9-17(15)30-21/h3-4,6-9,12H,5,10-11H2,1-2H3,(H,25,29). The average molecular weight is 431 g/mol. The summed E-state index contributed by atoms with van der Waals surface area (Å²) in [6.07, 6.45) is 0.656. The van der Waals surface area contributed by atoms with Gasteiger partial charge >= 0.3 is 0 Å². The molecule has 0 unspecified atom stereocenters. The molecule has 1 amide bonds. The SMILES string of the molecule is CN(C)CCCNC(=O)c1oc2ccc(Cl)cc2c(=O)c1C(=O)c1ccccc1F. The molecule has 0 saturated heterocycles. The van der Waals surface area contributed by atoms with Crippen molar-refractivity contribution in [3.8, 4) is 0 Å². The molecule has 30 heavy (non-hydrogen) atoms. The van der Waals surface area contributed by atoms with E-state index in [0.29, 0.717) is 13.0 Å². The van der Waals surface area contributed by atoms with E-state index in [-0.39, 0.29) is 21.6 Å². The van der Waals surface area contributed by atoms with Crippen molar-refractivity contribution < 1.29 is 18.4 Å². The first kappa shape index (κ1) is 21.7. The summed E-state index contributed by atoms with van der Waals surface area (Å²) in [4.78, 5) is 40.9. The second kappa shape index (κ2) is 9.19. The van der Waals surface area contributed by atoms with Gasteiger partial charge in [-0.05, 0) is 57.4 Å². The van der Waals surface area contributed by atoms with Gasteiger partial charge < -0.3 is 14.6 Å². The molecule has 0 bridgehead atoms. The molecule has 0 saturated carbocycles. The van der Waals surface area contributed by atoms with Gasteiger partial charge in [-0.15, -0.1) is 0 Å².